The minimum Gasteiger partial charge on any atom is -0.240 e. The predicted octanol–water partition coefficient (Wildman–Crippen LogP) is 8.73. The van der Waals surface area contributed by atoms with Gasteiger partial charge in [-0.25, -0.2) is 14.0 Å². The molecule has 0 aliphatic rings. The van der Waals surface area contributed by atoms with Gasteiger partial charge in [0.1, 0.15) is 0 Å². The highest BCUT2D eigenvalue weighted by molar-refractivity contribution is 5.72. The molecule has 6 nitrogen and oxygen atoms in total. The maximum absolute atomic E-state index is 14.4. The zero-order valence-electron chi connectivity index (χ0n) is 27.1. The molecular weight excluding hydrogens is 585 g/mol. The van der Waals surface area contributed by atoms with E-state index >= 15 is 0 Å². The van der Waals surface area contributed by atoms with Crippen LogP contribution in [0.5, 0.6) is 0 Å². The summed E-state index contributed by atoms with van der Waals surface area (Å²) in [4.78, 5) is 0. The Morgan fingerprint density at radius 2 is 1.43 bits per heavy atom. The molecule has 3 aromatic heterocycles. The molecule has 3 heterocycles. The second-order valence-electron chi connectivity index (χ2n) is 12.0. The lowest BCUT2D eigenvalue weighted by molar-refractivity contribution is -0.141. The van der Waals surface area contributed by atoms with Crippen LogP contribution in [-0.2, 0) is 19.0 Å². The van der Waals surface area contributed by atoms with E-state index in [4.69, 9.17) is 10.2 Å². The Kier molecular flexibility index (Phi) is 7.96. The van der Waals surface area contributed by atoms with Gasteiger partial charge in [0.05, 0.1) is 28.5 Å². The number of hydrogen-bond acceptors (Lipinski definition) is 3. The minimum absolute atomic E-state index is 0.0857. The van der Waals surface area contributed by atoms with Gasteiger partial charge in [0.25, 0.3) is 0 Å². The number of benzene rings is 3. The number of halogens is 3. The van der Waals surface area contributed by atoms with Crippen LogP contribution in [0.25, 0.3) is 28.2 Å². The van der Waals surface area contributed by atoms with Crippen LogP contribution in [0.15, 0.2) is 67.0 Å². The lowest BCUT2D eigenvalue weighted by Crippen LogP contribution is -2.13. The molecule has 0 bridgehead atoms. The highest BCUT2D eigenvalue weighted by Crippen LogP contribution is 2.37. The van der Waals surface area contributed by atoms with Crippen molar-refractivity contribution in [3.63, 3.8) is 0 Å². The molecule has 0 saturated carbocycles. The van der Waals surface area contributed by atoms with Gasteiger partial charge in [-0.3, -0.25) is 0 Å². The molecule has 3 aromatic carbocycles. The Balaban J connectivity index is 1.60. The Morgan fingerprint density at radius 3 is 2.02 bits per heavy atom. The summed E-state index contributed by atoms with van der Waals surface area (Å²) >= 11 is 0. The largest absolute Gasteiger partial charge is 0.435 e. The monoisotopic (exact) mass is 621 g/mol. The normalized spacial score (nSPS) is 11.9. The summed E-state index contributed by atoms with van der Waals surface area (Å²) in [5, 5.41) is 13.9. The summed E-state index contributed by atoms with van der Waals surface area (Å²) in [5.41, 5.74) is 10.3. The average molecular weight is 622 g/mol. The van der Waals surface area contributed by atoms with Crippen molar-refractivity contribution in [1.29, 1.82) is 0 Å². The molecule has 9 heteroatoms. The van der Waals surface area contributed by atoms with E-state index in [9.17, 15) is 13.2 Å². The maximum Gasteiger partial charge on any atom is 0.435 e. The number of rotatable bonds is 7. The molecule has 0 N–H and O–H groups in total. The summed E-state index contributed by atoms with van der Waals surface area (Å²) in [6, 6.07) is 20.8. The third-order valence-electron chi connectivity index (χ3n) is 8.58. The van der Waals surface area contributed by atoms with Gasteiger partial charge in [-0.2, -0.15) is 28.5 Å². The Morgan fingerprint density at radius 1 is 0.783 bits per heavy atom. The second kappa shape index (κ2) is 11.8. The molecule has 0 saturated heterocycles. The van der Waals surface area contributed by atoms with E-state index in [1.54, 1.807) is 10.7 Å². The van der Waals surface area contributed by atoms with Crippen LogP contribution in [0.2, 0.25) is 0 Å². The van der Waals surface area contributed by atoms with Crippen molar-refractivity contribution in [2.75, 3.05) is 0 Å². The van der Waals surface area contributed by atoms with Crippen molar-refractivity contribution in [2.24, 2.45) is 0 Å². The molecule has 6 rings (SSSR count). The number of hydrogen-bond donors (Lipinski definition) is 0. The lowest BCUT2D eigenvalue weighted by atomic mass is 10.0. The second-order valence-corrected chi connectivity index (χ2v) is 12.0. The van der Waals surface area contributed by atoms with Gasteiger partial charge < -0.3 is 0 Å². The maximum atomic E-state index is 14.4. The molecule has 0 amide bonds. The van der Waals surface area contributed by atoms with E-state index in [0.717, 1.165) is 61.7 Å². The molecule has 46 heavy (non-hydrogen) atoms. The van der Waals surface area contributed by atoms with E-state index in [1.807, 2.05) is 76.7 Å². The topological polar surface area (TPSA) is 53.5 Å². The highest BCUT2D eigenvalue weighted by atomic mass is 19.4. The van der Waals surface area contributed by atoms with Gasteiger partial charge in [0.15, 0.2) is 5.69 Å². The molecule has 1 radical (unpaired) electrons. The van der Waals surface area contributed by atoms with Crippen molar-refractivity contribution in [1.82, 2.24) is 29.3 Å². The van der Waals surface area contributed by atoms with Crippen molar-refractivity contribution in [3.8, 4) is 28.2 Å². The molecule has 0 unspecified atom stereocenters. The smallest absolute Gasteiger partial charge is 0.240 e. The zero-order valence-corrected chi connectivity index (χ0v) is 27.1. The average Bonchev–Trinajstić information content (AvgIpc) is 3.69. The van der Waals surface area contributed by atoms with Crippen LogP contribution in [0.1, 0.15) is 63.1 Å². The van der Waals surface area contributed by atoms with Crippen molar-refractivity contribution in [3.05, 3.63) is 129 Å². The van der Waals surface area contributed by atoms with E-state index in [0.29, 0.717) is 17.8 Å². The molecule has 235 valence electrons. The summed E-state index contributed by atoms with van der Waals surface area (Å²) in [7, 11) is 0. The van der Waals surface area contributed by atoms with Gasteiger partial charge >= 0.3 is 6.18 Å². The molecular formula is C37H36F3N6. The number of aromatic nitrogens is 6. The molecule has 0 atom stereocenters. The first kappa shape index (κ1) is 31.1. The first-order valence-electron chi connectivity index (χ1n) is 15.3. The molecule has 0 fully saturated rings. The molecule has 0 spiro atoms. The van der Waals surface area contributed by atoms with Crippen LogP contribution in [0.4, 0.5) is 13.2 Å². The summed E-state index contributed by atoms with van der Waals surface area (Å²) in [6.45, 7) is 13.9. The summed E-state index contributed by atoms with van der Waals surface area (Å²) < 4.78 is 48.2. The highest BCUT2D eigenvalue weighted by Gasteiger charge is 2.37. The van der Waals surface area contributed by atoms with Gasteiger partial charge in [-0.15, -0.1) is 0 Å². The standard InChI is InChI=1S/C37H36F3N6/c1-8-31-34(29-15-11-23(3)12-16-29)27(7)46(42-31)35-25(5)32(44-20-24(4)26(6)41-44)17-18-33(35)45-21-30(36(43-45)37(38,39)40)19-28-13-9-22(2)10-14-28/h9-17,20-21H,8,19H2,1-7H3. The van der Waals surface area contributed by atoms with E-state index < -0.39 is 11.9 Å². The summed E-state index contributed by atoms with van der Waals surface area (Å²) in [5.74, 6) is 0. The quantitative estimate of drug-likeness (QED) is 0.179. The van der Waals surface area contributed by atoms with Gasteiger partial charge in [-0.1, -0.05) is 66.6 Å². The third kappa shape index (κ3) is 5.66. The van der Waals surface area contributed by atoms with Crippen molar-refractivity contribution in [2.45, 2.75) is 67.5 Å². The van der Waals surface area contributed by atoms with Crippen LogP contribution >= 0.6 is 0 Å². The molecule has 6 aromatic rings. The Labute approximate surface area is 267 Å². The first-order valence-corrected chi connectivity index (χ1v) is 15.3. The van der Waals surface area contributed by atoms with Crippen LogP contribution in [0, 0.1) is 47.6 Å². The van der Waals surface area contributed by atoms with E-state index in [1.165, 1.54) is 10.9 Å². The predicted molar refractivity (Wildman–Crippen MR) is 174 cm³/mol. The van der Waals surface area contributed by atoms with Gasteiger partial charge in [-0.05, 0) is 70.7 Å². The fourth-order valence-electron chi connectivity index (χ4n) is 5.89. The number of nitrogens with zero attached hydrogens (tertiary/aromatic N) is 6. The fraction of sp³-hybridized carbons (Fsp3) is 0.270. The van der Waals surface area contributed by atoms with Gasteiger partial charge in [0, 0.05) is 47.3 Å². The van der Waals surface area contributed by atoms with Crippen LogP contribution < -0.4 is 0 Å². The molecule has 0 aliphatic carbocycles. The zero-order chi connectivity index (χ0) is 32.9. The number of aryl methyl sites for hydroxylation is 5. The van der Waals surface area contributed by atoms with Crippen molar-refractivity contribution >= 4 is 0 Å². The lowest BCUT2D eigenvalue weighted by Gasteiger charge is -2.18. The van der Waals surface area contributed by atoms with Gasteiger partial charge in [0.2, 0.25) is 0 Å². The first-order chi connectivity index (χ1) is 21.8. The third-order valence-corrected chi connectivity index (χ3v) is 8.58. The number of alkyl halides is 3. The van der Waals surface area contributed by atoms with E-state index in [-0.39, 0.29) is 12.0 Å². The van der Waals surface area contributed by atoms with Crippen LogP contribution in [0.3, 0.4) is 0 Å². The molecule has 0 aliphatic heterocycles. The minimum atomic E-state index is -4.64. The fourth-order valence-corrected chi connectivity index (χ4v) is 5.89. The Bertz CT molecular complexity index is 2020. The van der Waals surface area contributed by atoms with E-state index in [2.05, 4.69) is 42.4 Å². The Hall–Kier alpha value is -4.92. The van der Waals surface area contributed by atoms with Crippen LogP contribution in [-0.4, -0.2) is 29.3 Å². The summed E-state index contributed by atoms with van der Waals surface area (Å²) in [6.07, 6.45) is -0.464. The van der Waals surface area contributed by atoms with Crippen molar-refractivity contribution < 1.29 is 13.2 Å². The SMILES string of the molecule is CCc1nn(-c2c(-n3cc(Cc4ccc(C)cc4)c(C(F)(F)F)n3)[c]cc(-n3cc(C)c(C)n3)c2C)c(C)c1-c1ccc(C)cc1.